The number of methoxy groups -OCH3 is 1. The fourth-order valence-corrected chi connectivity index (χ4v) is 8.93. The van der Waals surface area contributed by atoms with Gasteiger partial charge in [0.25, 0.3) is 5.91 Å². The Bertz CT molecular complexity index is 1810. The van der Waals surface area contributed by atoms with Crippen molar-refractivity contribution in [1.82, 2.24) is 9.80 Å². The summed E-state index contributed by atoms with van der Waals surface area (Å²) < 4.78 is 11.5. The van der Waals surface area contributed by atoms with Crippen LogP contribution >= 0.6 is 34.8 Å². The SMILES string of the molecule is COCCCc1ccc(Cl)c(CN(C(=O)C2=C(c3ccc(N4CC[C@@H](Oc5c(Cl)cc(C)cc5Cl)C4)cc3)C[C@@H]3CC[C@H]2N3C(=O)O)C2CC2)c1. The number of ether oxygens (including phenoxy) is 2. The molecule has 1 saturated carbocycles. The Morgan fingerprint density at radius 1 is 0.941 bits per heavy atom. The summed E-state index contributed by atoms with van der Waals surface area (Å²) in [5, 5.41) is 11.9. The van der Waals surface area contributed by atoms with Crippen LogP contribution in [0.25, 0.3) is 5.57 Å². The molecule has 3 fully saturated rings. The molecule has 1 aliphatic carbocycles. The van der Waals surface area contributed by atoms with Gasteiger partial charge in [-0.05, 0) is 110 Å². The van der Waals surface area contributed by atoms with Crippen molar-refractivity contribution in [3.63, 3.8) is 0 Å². The molecule has 3 atom stereocenters. The fourth-order valence-electron chi connectivity index (χ4n) is 8.06. The highest BCUT2D eigenvalue weighted by atomic mass is 35.5. The van der Waals surface area contributed by atoms with E-state index in [1.807, 2.05) is 36.1 Å². The number of hydrogen-bond donors (Lipinski definition) is 1. The third-order valence-corrected chi connectivity index (χ3v) is 11.6. The smallest absolute Gasteiger partial charge is 0.408 e. The number of fused-ring (bicyclic) bond motifs is 2. The van der Waals surface area contributed by atoms with E-state index >= 15 is 0 Å². The van der Waals surface area contributed by atoms with Crippen LogP contribution in [0, 0.1) is 6.92 Å². The van der Waals surface area contributed by atoms with Crippen molar-refractivity contribution in [2.75, 3.05) is 31.7 Å². The number of hydrogen-bond acceptors (Lipinski definition) is 5. The summed E-state index contributed by atoms with van der Waals surface area (Å²) in [6, 6.07) is 17.6. The summed E-state index contributed by atoms with van der Waals surface area (Å²) in [6.07, 6.45) is 5.29. The van der Waals surface area contributed by atoms with Crippen LogP contribution in [-0.4, -0.2) is 77.9 Å². The summed E-state index contributed by atoms with van der Waals surface area (Å²) in [5.41, 5.74) is 6.63. The molecule has 2 bridgehead atoms. The van der Waals surface area contributed by atoms with E-state index in [-0.39, 0.29) is 24.1 Å². The topological polar surface area (TPSA) is 82.6 Å². The van der Waals surface area contributed by atoms with E-state index < -0.39 is 12.1 Å². The monoisotopic (exact) mass is 751 g/mol. The number of halogens is 3. The Kier molecular flexibility index (Phi) is 10.8. The maximum absolute atomic E-state index is 14.8. The number of rotatable bonds is 12. The van der Waals surface area contributed by atoms with Gasteiger partial charge in [-0.15, -0.1) is 0 Å². The molecule has 11 heteroatoms. The van der Waals surface area contributed by atoms with Gasteiger partial charge in [0, 0.05) is 61.6 Å². The van der Waals surface area contributed by atoms with Crippen LogP contribution in [0.1, 0.15) is 67.2 Å². The molecule has 3 aliphatic heterocycles. The number of nitrogens with zero attached hydrogens (tertiary/aromatic N) is 3. The molecule has 3 heterocycles. The van der Waals surface area contributed by atoms with Gasteiger partial charge in [0.1, 0.15) is 6.10 Å². The number of carbonyl (C=O) groups is 2. The molecular weight excluding hydrogens is 709 g/mol. The van der Waals surface area contributed by atoms with Crippen molar-refractivity contribution < 1.29 is 24.2 Å². The van der Waals surface area contributed by atoms with E-state index in [9.17, 15) is 14.7 Å². The van der Waals surface area contributed by atoms with Gasteiger partial charge in [-0.3, -0.25) is 9.69 Å². The van der Waals surface area contributed by atoms with E-state index in [1.165, 1.54) is 4.90 Å². The summed E-state index contributed by atoms with van der Waals surface area (Å²) >= 11 is 19.6. The van der Waals surface area contributed by atoms with Gasteiger partial charge in [-0.2, -0.15) is 0 Å². The molecule has 8 nitrogen and oxygen atoms in total. The molecular formula is C40H44Cl3N3O5. The molecule has 3 aromatic rings. The maximum atomic E-state index is 14.8. The lowest BCUT2D eigenvalue weighted by molar-refractivity contribution is -0.129. The van der Waals surface area contributed by atoms with Crippen LogP contribution in [0.5, 0.6) is 5.75 Å². The number of aryl methyl sites for hydroxylation is 2. The normalized spacial score (nSPS) is 21.4. The summed E-state index contributed by atoms with van der Waals surface area (Å²) in [4.78, 5) is 33.1. The second kappa shape index (κ2) is 15.3. The third-order valence-electron chi connectivity index (χ3n) is 10.7. The van der Waals surface area contributed by atoms with Crippen molar-refractivity contribution in [3.05, 3.63) is 97.5 Å². The summed E-state index contributed by atoms with van der Waals surface area (Å²) in [5.74, 6) is 0.442. The van der Waals surface area contributed by atoms with Crippen LogP contribution in [0.2, 0.25) is 15.1 Å². The number of carbonyl (C=O) groups excluding carboxylic acids is 1. The molecule has 0 radical (unpaired) electrons. The van der Waals surface area contributed by atoms with E-state index in [4.69, 9.17) is 44.3 Å². The van der Waals surface area contributed by atoms with Crippen molar-refractivity contribution in [2.45, 2.75) is 89.1 Å². The predicted octanol–water partition coefficient (Wildman–Crippen LogP) is 9.05. The number of benzene rings is 3. The van der Waals surface area contributed by atoms with Crippen LogP contribution in [0.4, 0.5) is 10.5 Å². The Labute approximate surface area is 314 Å². The Balaban J connectivity index is 1.14. The van der Waals surface area contributed by atoms with Gasteiger partial charge >= 0.3 is 6.09 Å². The minimum atomic E-state index is -0.967. The van der Waals surface area contributed by atoms with Gasteiger partial charge in [0.05, 0.1) is 22.6 Å². The highest BCUT2D eigenvalue weighted by molar-refractivity contribution is 6.37. The molecule has 0 spiro atoms. The van der Waals surface area contributed by atoms with Crippen LogP contribution in [0.15, 0.2) is 60.2 Å². The standard InChI is InChI=1S/C40H44Cl3N3O5/c1-24-18-34(42)38(35(43)19-24)51-31-15-16-44(23-31)28-8-6-26(7-9-28)32-21-30-12-14-36(46(30)40(48)49)37(32)39(47)45(29-10-11-29)22-27-20-25(4-3-17-50-2)5-13-33(27)41/h5-9,13,18-20,29-31,36H,3-4,10-12,14-17,21-23H2,1-2H3,(H,48,49)/t30-,31+,36+/m0/s1. The first-order chi connectivity index (χ1) is 24.6. The van der Waals surface area contributed by atoms with E-state index in [2.05, 4.69) is 35.2 Å². The quantitative estimate of drug-likeness (QED) is 0.186. The Morgan fingerprint density at radius 3 is 2.37 bits per heavy atom. The lowest BCUT2D eigenvalue weighted by Gasteiger charge is -2.38. The molecule has 270 valence electrons. The fraction of sp³-hybridized carbons (Fsp3) is 0.450. The van der Waals surface area contributed by atoms with E-state index in [1.54, 1.807) is 7.11 Å². The highest BCUT2D eigenvalue weighted by Gasteiger charge is 2.48. The molecule has 0 aromatic heterocycles. The maximum Gasteiger partial charge on any atom is 0.408 e. The predicted molar refractivity (Wildman–Crippen MR) is 202 cm³/mol. The number of amides is 2. The molecule has 0 unspecified atom stereocenters. The lowest BCUT2D eigenvalue weighted by Crippen LogP contribution is -2.48. The number of carboxylic acid groups (broad SMARTS) is 1. The molecule has 3 aromatic carbocycles. The zero-order chi connectivity index (χ0) is 35.8. The van der Waals surface area contributed by atoms with Crippen LogP contribution < -0.4 is 9.64 Å². The first-order valence-electron chi connectivity index (χ1n) is 17.9. The van der Waals surface area contributed by atoms with Gasteiger partial charge in [-0.25, -0.2) is 4.79 Å². The van der Waals surface area contributed by atoms with Gasteiger partial charge < -0.3 is 24.4 Å². The van der Waals surface area contributed by atoms with Crippen molar-refractivity contribution in [3.8, 4) is 5.75 Å². The second-order valence-corrected chi connectivity index (χ2v) is 15.5. The third kappa shape index (κ3) is 7.71. The summed E-state index contributed by atoms with van der Waals surface area (Å²) in [7, 11) is 1.70. The zero-order valence-corrected chi connectivity index (χ0v) is 31.3. The van der Waals surface area contributed by atoms with Gasteiger partial charge in [0.2, 0.25) is 0 Å². The minimum absolute atomic E-state index is 0.0572. The van der Waals surface area contributed by atoms with Crippen LogP contribution in [-0.2, 0) is 22.5 Å². The van der Waals surface area contributed by atoms with Gasteiger partial charge in [0.15, 0.2) is 5.75 Å². The Morgan fingerprint density at radius 2 is 1.69 bits per heavy atom. The molecule has 7 rings (SSSR count). The average Bonchev–Trinajstić information content (AvgIpc) is 3.75. The average molecular weight is 753 g/mol. The second-order valence-electron chi connectivity index (χ2n) is 14.3. The van der Waals surface area contributed by atoms with Crippen molar-refractivity contribution >= 4 is 58.1 Å². The molecule has 4 aliphatic rings. The molecule has 2 amide bonds. The molecule has 1 N–H and O–H groups in total. The molecule has 2 saturated heterocycles. The van der Waals surface area contributed by atoms with E-state index in [0.29, 0.717) is 58.9 Å². The zero-order valence-electron chi connectivity index (χ0n) is 29.0. The summed E-state index contributed by atoms with van der Waals surface area (Å²) in [6.45, 7) is 4.52. The van der Waals surface area contributed by atoms with E-state index in [0.717, 1.165) is 78.6 Å². The van der Waals surface area contributed by atoms with Crippen molar-refractivity contribution in [2.24, 2.45) is 0 Å². The first-order valence-corrected chi connectivity index (χ1v) is 19.0. The highest BCUT2D eigenvalue weighted by Crippen LogP contribution is 2.45. The first kappa shape index (κ1) is 36.0. The number of anilines is 1. The van der Waals surface area contributed by atoms with Gasteiger partial charge in [-0.1, -0.05) is 59.1 Å². The largest absolute Gasteiger partial charge is 0.485 e. The Hall–Kier alpha value is -3.43. The van der Waals surface area contributed by atoms with Crippen LogP contribution in [0.3, 0.4) is 0 Å². The lowest BCUT2D eigenvalue weighted by atomic mass is 9.87. The minimum Gasteiger partial charge on any atom is -0.485 e. The molecule has 51 heavy (non-hydrogen) atoms. The van der Waals surface area contributed by atoms with Crippen molar-refractivity contribution in [1.29, 1.82) is 0 Å².